The van der Waals surface area contributed by atoms with Gasteiger partial charge in [0.1, 0.15) is 11.6 Å². The molecule has 2 aromatic rings. The molecule has 0 fully saturated rings. The van der Waals surface area contributed by atoms with Gasteiger partial charge in [-0.3, -0.25) is 10.0 Å². The highest BCUT2D eigenvalue weighted by Crippen LogP contribution is 2.28. The number of rotatable bonds is 3. The molecule has 1 unspecified atom stereocenters. The van der Waals surface area contributed by atoms with Gasteiger partial charge in [-0.05, 0) is 30.2 Å². The molecule has 0 aliphatic heterocycles. The SMILES string of the molecule is CC(c1ccc(-c2ccc(F)cc2F)cc1)N(O)C(=O)C(C)(C)C. The molecule has 128 valence electrons. The van der Waals surface area contributed by atoms with Gasteiger partial charge in [0.15, 0.2) is 0 Å². The molecule has 2 rings (SSSR count). The first-order chi connectivity index (χ1) is 11.1. The van der Waals surface area contributed by atoms with Crippen LogP contribution >= 0.6 is 0 Å². The summed E-state index contributed by atoms with van der Waals surface area (Å²) in [7, 11) is 0. The second-order valence-corrected chi connectivity index (χ2v) is 6.82. The molecule has 0 saturated carbocycles. The summed E-state index contributed by atoms with van der Waals surface area (Å²) >= 11 is 0. The fourth-order valence-corrected chi connectivity index (χ4v) is 2.33. The maximum Gasteiger partial charge on any atom is 0.251 e. The average molecular weight is 333 g/mol. The Labute approximate surface area is 140 Å². The largest absolute Gasteiger partial charge is 0.285 e. The van der Waals surface area contributed by atoms with Crippen molar-refractivity contribution < 1.29 is 18.8 Å². The number of carbonyl (C=O) groups excluding carboxylic acids is 1. The number of amides is 1. The highest BCUT2D eigenvalue weighted by molar-refractivity contribution is 5.80. The van der Waals surface area contributed by atoms with Gasteiger partial charge in [-0.2, -0.15) is 0 Å². The zero-order valence-electron chi connectivity index (χ0n) is 14.2. The van der Waals surface area contributed by atoms with E-state index >= 15 is 0 Å². The van der Waals surface area contributed by atoms with E-state index in [1.54, 1.807) is 52.0 Å². The van der Waals surface area contributed by atoms with Crippen molar-refractivity contribution in [1.82, 2.24) is 5.06 Å². The number of hydrogen-bond donors (Lipinski definition) is 1. The van der Waals surface area contributed by atoms with Crippen LogP contribution in [-0.2, 0) is 4.79 Å². The molecule has 5 heteroatoms. The van der Waals surface area contributed by atoms with E-state index in [2.05, 4.69) is 0 Å². The maximum absolute atomic E-state index is 13.8. The lowest BCUT2D eigenvalue weighted by molar-refractivity contribution is -0.184. The molecule has 3 nitrogen and oxygen atoms in total. The quantitative estimate of drug-likeness (QED) is 0.637. The van der Waals surface area contributed by atoms with E-state index in [4.69, 9.17) is 0 Å². The van der Waals surface area contributed by atoms with Crippen molar-refractivity contribution in [2.45, 2.75) is 33.7 Å². The van der Waals surface area contributed by atoms with Gasteiger partial charge in [-0.15, -0.1) is 0 Å². The van der Waals surface area contributed by atoms with Gasteiger partial charge in [0, 0.05) is 17.0 Å². The standard InChI is InChI=1S/C19H21F2NO2/c1-12(22(24)18(23)19(2,3)4)13-5-7-14(8-6-13)16-10-9-15(20)11-17(16)21/h5-12,24H,1-4H3. The molecular formula is C19H21F2NO2. The Morgan fingerprint density at radius 1 is 1.08 bits per heavy atom. The lowest BCUT2D eigenvalue weighted by Gasteiger charge is -2.29. The number of hydrogen-bond acceptors (Lipinski definition) is 2. The van der Waals surface area contributed by atoms with Gasteiger partial charge in [-0.25, -0.2) is 13.8 Å². The molecule has 0 aromatic heterocycles. The van der Waals surface area contributed by atoms with Crippen LogP contribution in [0, 0.1) is 17.0 Å². The summed E-state index contributed by atoms with van der Waals surface area (Å²) in [5.74, 6) is -1.65. The molecule has 0 heterocycles. The number of carbonyl (C=O) groups is 1. The van der Waals surface area contributed by atoms with E-state index < -0.39 is 23.1 Å². The third-order valence-corrected chi connectivity index (χ3v) is 3.85. The summed E-state index contributed by atoms with van der Waals surface area (Å²) in [5, 5.41) is 10.8. The van der Waals surface area contributed by atoms with Crippen LogP contribution in [0.3, 0.4) is 0 Å². The third kappa shape index (κ3) is 3.79. The zero-order chi connectivity index (χ0) is 18.1. The second kappa shape index (κ2) is 6.69. The van der Waals surface area contributed by atoms with Gasteiger partial charge < -0.3 is 0 Å². The van der Waals surface area contributed by atoms with Gasteiger partial charge >= 0.3 is 0 Å². The summed E-state index contributed by atoms with van der Waals surface area (Å²) < 4.78 is 26.8. The van der Waals surface area contributed by atoms with Crippen molar-refractivity contribution in [3.63, 3.8) is 0 Å². The Morgan fingerprint density at radius 3 is 2.17 bits per heavy atom. The number of hydroxylamine groups is 2. The second-order valence-electron chi connectivity index (χ2n) is 6.82. The van der Waals surface area contributed by atoms with Crippen molar-refractivity contribution in [1.29, 1.82) is 0 Å². The highest BCUT2D eigenvalue weighted by atomic mass is 19.1. The predicted octanol–water partition coefficient (Wildman–Crippen LogP) is 4.96. The van der Waals surface area contributed by atoms with Gasteiger partial charge in [0.2, 0.25) is 0 Å². The Hall–Kier alpha value is -2.27. The topological polar surface area (TPSA) is 40.5 Å². The Balaban J connectivity index is 2.24. The monoisotopic (exact) mass is 333 g/mol. The van der Waals surface area contributed by atoms with Crippen LogP contribution in [0.1, 0.15) is 39.3 Å². The molecular weight excluding hydrogens is 312 g/mol. The predicted molar refractivity (Wildman–Crippen MR) is 88.3 cm³/mol. The fraction of sp³-hybridized carbons (Fsp3) is 0.316. The fourth-order valence-electron chi connectivity index (χ4n) is 2.33. The maximum atomic E-state index is 13.8. The van der Waals surface area contributed by atoms with Crippen LogP contribution in [0.4, 0.5) is 8.78 Å². The molecule has 0 bridgehead atoms. The van der Waals surface area contributed by atoms with Crippen molar-refractivity contribution in [2.75, 3.05) is 0 Å². The molecule has 1 atom stereocenters. The van der Waals surface area contributed by atoms with Crippen LogP contribution in [0.15, 0.2) is 42.5 Å². The number of benzene rings is 2. The van der Waals surface area contributed by atoms with Crippen LogP contribution < -0.4 is 0 Å². The van der Waals surface area contributed by atoms with E-state index in [1.807, 2.05) is 0 Å². The first-order valence-corrected chi connectivity index (χ1v) is 7.69. The highest BCUT2D eigenvalue weighted by Gasteiger charge is 2.30. The molecule has 0 aliphatic carbocycles. The van der Waals surface area contributed by atoms with Crippen LogP contribution in [0.2, 0.25) is 0 Å². The molecule has 24 heavy (non-hydrogen) atoms. The van der Waals surface area contributed by atoms with E-state index in [-0.39, 0.29) is 5.91 Å². The Bertz CT molecular complexity index is 736. The zero-order valence-corrected chi connectivity index (χ0v) is 14.2. The molecule has 2 aromatic carbocycles. The normalized spacial score (nSPS) is 12.8. The molecule has 0 aliphatic rings. The lowest BCUT2D eigenvalue weighted by Crippen LogP contribution is -2.38. The summed E-state index contributed by atoms with van der Waals surface area (Å²) in [6.07, 6.45) is 0. The minimum Gasteiger partial charge on any atom is -0.285 e. The molecule has 0 saturated heterocycles. The molecule has 0 radical (unpaired) electrons. The van der Waals surface area contributed by atoms with Crippen LogP contribution in [0.25, 0.3) is 11.1 Å². The first kappa shape index (κ1) is 18.1. The smallest absolute Gasteiger partial charge is 0.251 e. The van der Waals surface area contributed by atoms with E-state index in [0.717, 1.165) is 6.07 Å². The minimum absolute atomic E-state index is 0.294. The summed E-state index contributed by atoms with van der Waals surface area (Å²) in [5.41, 5.74) is 0.902. The average Bonchev–Trinajstić information content (AvgIpc) is 2.52. The number of halogens is 2. The van der Waals surface area contributed by atoms with Gasteiger partial charge in [0.25, 0.3) is 5.91 Å². The van der Waals surface area contributed by atoms with Crippen molar-refractivity contribution in [3.8, 4) is 11.1 Å². The van der Waals surface area contributed by atoms with Crippen molar-refractivity contribution in [3.05, 3.63) is 59.7 Å². The van der Waals surface area contributed by atoms with Crippen molar-refractivity contribution in [2.24, 2.45) is 5.41 Å². The Kier molecular flexibility index (Phi) is 5.04. The van der Waals surface area contributed by atoms with Crippen LogP contribution in [0.5, 0.6) is 0 Å². The summed E-state index contributed by atoms with van der Waals surface area (Å²) in [6.45, 7) is 6.89. The first-order valence-electron chi connectivity index (χ1n) is 7.69. The lowest BCUT2D eigenvalue weighted by atomic mass is 9.94. The molecule has 1 amide bonds. The van der Waals surface area contributed by atoms with Gasteiger partial charge in [-0.1, -0.05) is 45.0 Å². The van der Waals surface area contributed by atoms with E-state index in [9.17, 15) is 18.8 Å². The van der Waals surface area contributed by atoms with Gasteiger partial charge in [0.05, 0.1) is 6.04 Å². The summed E-state index contributed by atoms with van der Waals surface area (Å²) in [4.78, 5) is 12.1. The molecule has 1 N–H and O–H groups in total. The Morgan fingerprint density at radius 2 is 1.67 bits per heavy atom. The van der Waals surface area contributed by atoms with E-state index in [0.29, 0.717) is 21.8 Å². The van der Waals surface area contributed by atoms with E-state index in [1.165, 1.54) is 12.1 Å². The van der Waals surface area contributed by atoms with Crippen molar-refractivity contribution >= 4 is 5.91 Å². The minimum atomic E-state index is -0.694. The number of nitrogens with zero attached hydrogens (tertiary/aromatic N) is 1. The molecule has 0 spiro atoms. The van der Waals surface area contributed by atoms with Crippen LogP contribution in [-0.4, -0.2) is 16.2 Å². The third-order valence-electron chi connectivity index (χ3n) is 3.85. The summed E-state index contributed by atoms with van der Waals surface area (Å²) in [6, 6.07) is 9.66.